The first-order valence-corrected chi connectivity index (χ1v) is 11.6. The predicted octanol–water partition coefficient (Wildman–Crippen LogP) is 4.64. The minimum absolute atomic E-state index is 0.0111. The quantitative estimate of drug-likeness (QED) is 0.393. The molecule has 0 aliphatic heterocycles. The fraction of sp³-hybridized carbons (Fsp3) is 0.273. The highest BCUT2D eigenvalue weighted by molar-refractivity contribution is 7.99. The molecule has 35 heavy (non-hydrogen) atoms. The molecule has 0 aliphatic carbocycles. The summed E-state index contributed by atoms with van der Waals surface area (Å²) in [5, 5.41) is 13.7. The van der Waals surface area contributed by atoms with Crippen molar-refractivity contribution in [3.8, 4) is 5.75 Å². The van der Waals surface area contributed by atoms with Gasteiger partial charge in [0.05, 0.1) is 35.7 Å². The largest absolute Gasteiger partial charge is 0.497 e. The van der Waals surface area contributed by atoms with E-state index in [1.165, 1.54) is 7.11 Å². The lowest BCUT2D eigenvalue weighted by Crippen LogP contribution is -2.24. The first kappa shape index (κ1) is 26.4. The number of hydrogen-bond acceptors (Lipinski definition) is 6. The number of alkyl halides is 3. The first-order valence-electron chi connectivity index (χ1n) is 10.3. The van der Waals surface area contributed by atoms with Crippen molar-refractivity contribution in [3.05, 3.63) is 64.4 Å². The van der Waals surface area contributed by atoms with Crippen LogP contribution >= 0.6 is 23.4 Å². The number of nitrogens with zero attached hydrogens (tertiary/aromatic N) is 3. The summed E-state index contributed by atoms with van der Waals surface area (Å²) in [4.78, 5) is 24.7. The third-order valence-electron chi connectivity index (χ3n) is 4.77. The molecule has 3 rings (SSSR count). The Bertz CT molecular complexity index is 1200. The van der Waals surface area contributed by atoms with Gasteiger partial charge in [-0.3, -0.25) is 9.59 Å². The van der Waals surface area contributed by atoms with Gasteiger partial charge in [-0.05, 0) is 49.4 Å². The summed E-state index contributed by atoms with van der Waals surface area (Å²) in [6.45, 7) is 2.44. The zero-order valence-corrected chi connectivity index (χ0v) is 20.2. The number of carbonyl (C=O) groups excluding carboxylic acids is 2. The van der Waals surface area contributed by atoms with E-state index in [1.54, 1.807) is 28.8 Å². The van der Waals surface area contributed by atoms with E-state index in [2.05, 4.69) is 20.8 Å². The van der Waals surface area contributed by atoms with Gasteiger partial charge in [-0.1, -0.05) is 23.4 Å². The van der Waals surface area contributed by atoms with Crippen LogP contribution in [-0.2, 0) is 24.1 Å². The fourth-order valence-corrected chi connectivity index (χ4v) is 3.98. The Morgan fingerprint density at radius 2 is 1.86 bits per heavy atom. The summed E-state index contributed by atoms with van der Waals surface area (Å²) in [7, 11) is 1.53. The van der Waals surface area contributed by atoms with Crippen molar-refractivity contribution in [2.45, 2.75) is 31.3 Å². The topological polar surface area (TPSA) is 98.1 Å². The number of methoxy groups -OCH3 is 1. The maximum Gasteiger partial charge on any atom is 0.416 e. The number of thioether (sulfide) groups is 1. The number of benzene rings is 2. The van der Waals surface area contributed by atoms with E-state index in [-0.39, 0.29) is 28.9 Å². The molecule has 0 fully saturated rings. The monoisotopic (exact) mass is 527 g/mol. The molecule has 3 aromatic rings. The lowest BCUT2D eigenvalue weighted by molar-refractivity contribution is -0.137. The van der Waals surface area contributed by atoms with Gasteiger partial charge in [-0.15, -0.1) is 10.2 Å². The number of halogens is 4. The zero-order valence-electron chi connectivity index (χ0n) is 18.6. The van der Waals surface area contributed by atoms with Gasteiger partial charge in [0, 0.05) is 12.1 Å². The Kier molecular flexibility index (Phi) is 8.62. The maximum absolute atomic E-state index is 12.9. The van der Waals surface area contributed by atoms with Crippen LogP contribution in [0.25, 0.3) is 0 Å². The average molecular weight is 528 g/mol. The molecule has 0 saturated heterocycles. The van der Waals surface area contributed by atoms with Crippen molar-refractivity contribution in [1.82, 2.24) is 20.1 Å². The van der Waals surface area contributed by atoms with Crippen molar-refractivity contribution in [2.24, 2.45) is 0 Å². The summed E-state index contributed by atoms with van der Waals surface area (Å²) >= 11 is 6.98. The molecule has 2 amide bonds. The van der Waals surface area contributed by atoms with Gasteiger partial charge in [-0.2, -0.15) is 13.2 Å². The van der Waals surface area contributed by atoms with E-state index >= 15 is 0 Å². The Hall–Kier alpha value is -3.25. The molecule has 1 heterocycles. The molecule has 8 nitrogen and oxygen atoms in total. The number of anilines is 1. The third-order valence-corrected chi connectivity index (χ3v) is 6.07. The fourth-order valence-electron chi connectivity index (χ4n) is 2.99. The minimum Gasteiger partial charge on any atom is -0.497 e. The summed E-state index contributed by atoms with van der Waals surface area (Å²) < 4.78 is 45.6. The summed E-state index contributed by atoms with van der Waals surface area (Å²) in [5.41, 5.74) is -0.601. The lowest BCUT2D eigenvalue weighted by atomic mass is 10.2. The van der Waals surface area contributed by atoms with Gasteiger partial charge in [0.2, 0.25) is 5.91 Å². The summed E-state index contributed by atoms with van der Waals surface area (Å²) in [6.07, 6.45) is -4.56. The highest BCUT2D eigenvalue weighted by Crippen LogP contribution is 2.34. The molecule has 1 aromatic heterocycles. The Labute approximate surface area is 208 Å². The summed E-state index contributed by atoms with van der Waals surface area (Å²) in [6, 6.07) is 9.32. The van der Waals surface area contributed by atoms with Crippen molar-refractivity contribution in [2.75, 3.05) is 18.2 Å². The maximum atomic E-state index is 12.9. The summed E-state index contributed by atoms with van der Waals surface area (Å²) in [5.74, 6) is 0.121. The van der Waals surface area contributed by atoms with Crippen LogP contribution in [0.3, 0.4) is 0 Å². The second-order valence-electron chi connectivity index (χ2n) is 7.08. The van der Waals surface area contributed by atoms with Crippen LogP contribution in [0.15, 0.2) is 47.6 Å². The first-order chi connectivity index (χ1) is 16.6. The molecule has 0 spiro atoms. The van der Waals surface area contributed by atoms with Gasteiger partial charge in [-0.25, -0.2) is 0 Å². The molecule has 0 atom stereocenters. The minimum atomic E-state index is -4.56. The van der Waals surface area contributed by atoms with E-state index in [0.29, 0.717) is 28.8 Å². The zero-order chi connectivity index (χ0) is 25.6. The number of ether oxygens (including phenoxy) is 1. The van der Waals surface area contributed by atoms with Crippen molar-refractivity contribution < 1.29 is 27.5 Å². The van der Waals surface area contributed by atoms with Crippen molar-refractivity contribution in [3.63, 3.8) is 0 Å². The number of amides is 2. The molecule has 0 radical (unpaired) electrons. The molecule has 0 bridgehead atoms. The number of aromatic nitrogens is 3. The molecule has 0 saturated carbocycles. The molecule has 2 aromatic carbocycles. The van der Waals surface area contributed by atoms with E-state index in [1.807, 2.05) is 6.92 Å². The average Bonchev–Trinajstić information content (AvgIpc) is 3.23. The van der Waals surface area contributed by atoms with Crippen LogP contribution in [0.1, 0.15) is 28.7 Å². The second kappa shape index (κ2) is 11.5. The van der Waals surface area contributed by atoms with Gasteiger partial charge in [0.15, 0.2) is 11.0 Å². The standard InChI is InChI=1S/C22H21ClF3N5O3S/c1-3-31-18(11-27-20(33)13-4-7-15(34-2)8-5-13)29-30-21(31)35-12-19(32)28-17-10-14(22(24,25)26)6-9-16(17)23/h4-10H,3,11-12H2,1-2H3,(H,27,33)(H,28,32). The number of nitrogens with one attached hydrogen (secondary N) is 2. The molecule has 13 heteroatoms. The second-order valence-corrected chi connectivity index (χ2v) is 8.43. The number of carbonyl (C=O) groups is 2. The van der Waals surface area contributed by atoms with Crippen LogP contribution in [0, 0.1) is 0 Å². The molecule has 2 N–H and O–H groups in total. The van der Waals surface area contributed by atoms with Crippen LogP contribution in [0.2, 0.25) is 5.02 Å². The van der Waals surface area contributed by atoms with E-state index in [9.17, 15) is 22.8 Å². The highest BCUT2D eigenvalue weighted by Gasteiger charge is 2.31. The van der Waals surface area contributed by atoms with E-state index < -0.39 is 17.6 Å². The number of hydrogen-bond donors (Lipinski definition) is 2. The lowest BCUT2D eigenvalue weighted by Gasteiger charge is -2.12. The van der Waals surface area contributed by atoms with Gasteiger partial charge in [0.1, 0.15) is 5.75 Å². The predicted molar refractivity (Wildman–Crippen MR) is 126 cm³/mol. The molecule has 186 valence electrons. The van der Waals surface area contributed by atoms with Crippen LogP contribution in [-0.4, -0.2) is 39.4 Å². The van der Waals surface area contributed by atoms with E-state index in [4.69, 9.17) is 16.3 Å². The van der Waals surface area contributed by atoms with Crippen molar-refractivity contribution in [1.29, 1.82) is 0 Å². The van der Waals surface area contributed by atoms with E-state index in [0.717, 1.165) is 30.0 Å². The smallest absolute Gasteiger partial charge is 0.416 e. The van der Waals surface area contributed by atoms with Gasteiger partial charge < -0.3 is 19.9 Å². The van der Waals surface area contributed by atoms with Crippen molar-refractivity contribution >= 4 is 40.9 Å². The van der Waals surface area contributed by atoms with Gasteiger partial charge >= 0.3 is 6.18 Å². The number of rotatable bonds is 9. The third kappa shape index (κ3) is 6.89. The molecular weight excluding hydrogens is 507 g/mol. The molecule has 0 unspecified atom stereocenters. The Morgan fingerprint density at radius 1 is 1.14 bits per heavy atom. The van der Waals surface area contributed by atoms with Crippen LogP contribution in [0.5, 0.6) is 5.75 Å². The Morgan fingerprint density at radius 3 is 2.49 bits per heavy atom. The normalized spacial score (nSPS) is 11.3. The SMILES string of the molecule is CCn1c(CNC(=O)c2ccc(OC)cc2)nnc1SCC(=O)Nc1cc(C(F)(F)F)ccc1Cl. The van der Waals surface area contributed by atoms with Crippen LogP contribution in [0.4, 0.5) is 18.9 Å². The van der Waals surface area contributed by atoms with Crippen LogP contribution < -0.4 is 15.4 Å². The molecule has 0 aliphatic rings. The Balaban J connectivity index is 1.59. The highest BCUT2D eigenvalue weighted by atomic mass is 35.5. The van der Waals surface area contributed by atoms with Gasteiger partial charge in [0.25, 0.3) is 5.91 Å². The molecular formula is C22H21ClF3N5O3S.